The van der Waals surface area contributed by atoms with Gasteiger partial charge in [0.25, 0.3) is 10.0 Å². The molecule has 0 bridgehead atoms. The van der Waals surface area contributed by atoms with E-state index in [1.54, 1.807) is 49.5 Å². The number of aromatic nitrogens is 1. The quantitative estimate of drug-likeness (QED) is 0.246. The van der Waals surface area contributed by atoms with E-state index in [1.807, 2.05) is 6.07 Å². The summed E-state index contributed by atoms with van der Waals surface area (Å²) in [6, 6.07) is 19.6. The molecular weight excluding hydrogens is 544 g/mol. The number of amides is 1. The van der Waals surface area contributed by atoms with Crippen molar-refractivity contribution in [2.24, 2.45) is 0 Å². The number of rotatable bonds is 10. The van der Waals surface area contributed by atoms with Crippen LogP contribution in [0.1, 0.15) is 36.2 Å². The number of nitrogens with zero attached hydrogens (tertiary/aromatic N) is 2. The van der Waals surface area contributed by atoms with Crippen LogP contribution in [0.5, 0.6) is 0 Å². The normalized spacial score (nSPS) is 12.1. The SMILES string of the molecule is C[C@H](c1ccccc1CCC(=O)NCc1ccccn1)N(c1cc(F)ccc1F)S(=O)(=O)c1ccc(Cl)cc1. The summed E-state index contributed by atoms with van der Waals surface area (Å²) in [5.74, 6) is -1.88. The highest BCUT2D eigenvalue weighted by molar-refractivity contribution is 7.92. The molecule has 1 atom stereocenters. The molecule has 1 amide bonds. The number of aryl methyl sites for hydroxylation is 1. The van der Waals surface area contributed by atoms with Gasteiger partial charge in [-0.25, -0.2) is 17.2 Å². The molecule has 4 rings (SSSR count). The first kappa shape index (κ1) is 28.2. The molecule has 0 radical (unpaired) electrons. The molecule has 0 aliphatic rings. The predicted molar refractivity (Wildman–Crippen MR) is 147 cm³/mol. The fourth-order valence-electron chi connectivity index (χ4n) is 4.25. The topological polar surface area (TPSA) is 79.4 Å². The van der Waals surface area contributed by atoms with Crippen molar-refractivity contribution in [2.45, 2.75) is 37.2 Å². The minimum atomic E-state index is -4.36. The van der Waals surface area contributed by atoms with Crippen LogP contribution in [0.2, 0.25) is 5.02 Å². The van der Waals surface area contributed by atoms with Gasteiger partial charge in [-0.1, -0.05) is 41.9 Å². The first-order chi connectivity index (χ1) is 18.7. The molecule has 39 heavy (non-hydrogen) atoms. The minimum Gasteiger partial charge on any atom is -0.350 e. The third-order valence-corrected chi connectivity index (χ3v) is 8.34. The molecule has 0 aliphatic heterocycles. The summed E-state index contributed by atoms with van der Waals surface area (Å²) >= 11 is 5.95. The summed E-state index contributed by atoms with van der Waals surface area (Å²) in [6.07, 6.45) is 2.08. The zero-order valence-electron chi connectivity index (χ0n) is 21.0. The monoisotopic (exact) mass is 569 g/mol. The molecule has 1 aromatic heterocycles. The Morgan fingerprint density at radius 3 is 2.44 bits per heavy atom. The lowest BCUT2D eigenvalue weighted by molar-refractivity contribution is -0.121. The number of carbonyl (C=O) groups excluding carboxylic acids is 1. The summed E-state index contributed by atoms with van der Waals surface area (Å²) in [5, 5.41) is 3.15. The first-order valence-electron chi connectivity index (χ1n) is 12.2. The highest BCUT2D eigenvalue weighted by Gasteiger charge is 2.33. The average Bonchev–Trinajstić information content (AvgIpc) is 2.93. The zero-order chi connectivity index (χ0) is 28.0. The van der Waals surface area contributed by atoms with Crippen LogP contribution in [0.4, 0.5) is 14.5 Å². The fourth-order valence-corrected chi connectivity index (χ4v) is 6.01. The van der Waals surface area contributed by atoms with Crippen LogP contribution in [0, 0.1) is 11.6 Å². The van der Waals surface area contributed by atoms with Crippen LogP contribution >= 0.6 is 11.6 Å². The van der Waals surface area contributed by atoms with Crippen LogP contribution in [0.25, 0.3) is 0 Å². The Balaban J connectivity index is 1.65. The fraction of sp³-hybridized carbons (Fsp3) is 0.172. The van der Waals surface area contributed by atoms with Gasteiger partial charge in [0.2, 0.25) is 5.91 Å². The van der Waals surface area contributed by atoms with E-state index in [0.717, 1.165) is 28.2 Å². The molecule has 0 aliphatic carbocycles. The van der Waals surface area contributed by atoms with E-state index < -0.39 is 33.4 Å². The number of carbonyl (C=O) groups is 1. The van der Waals surface area contributed by atoms with E-state index in [0.29, 0.717) is 22.6 Å². The van der Waals surface area contributed by atoms with Gasteiger partial charge in [0.15, 0.2) is 0 Å². The lowest BCUT2D eigenvalue weighted by Gasteiger charge is -2.32. The highest BCUT2D eigenvalue weighted by atomic mass is 35.5. The molecule has 1 N–H and O–H groups in total. The van der Waals surface area contributed by atoms with E-state index in [2.05, 4.69) is 10.3 Å². The lowest BCUT2D eigenvalue weighted by atomic mass is 9.97. The van der Waals surface area contributed by atoms with Crippen molar-refractivity contribution in [1.29, 1.82) is 0 Å². The minimum absolute atomic E-state index is 0.131. The lowest BCUT2D eigenvalue weighted by Crippen LogP contribution is -2.35. The standard InChI is InChI=1S/C29H26ClF2N3O3S/c1-20(26-8-3-2-6-21(26)9-16-29(36)34-19-24-7-4-5-17-33-24)35(28-18-23(31)12-15-27(28)32)39(37,38)25-13-10-22(30)11-14-25/h2-8,10-15,17-18,20H,9,16,19H2,1H3,(H,34,36)/t20-/m1/s1. The van der Waals surface area contributed by atoms with Crippen LogP contribution < -0.4 is 9.62 Å². The summed E-state index contributed by atoms with van der Waals surface area (Å²) < 4.78 is 57.8. The number of sulfonamides is 1. The van der Waals surface area contributed by atoms with Crippen molar-refractivity contribution < 1.29 is 22.0 Å². The van der Waals surface area contributed by atoms with E-state index in [-0.39, 0.29) is 23.8 Å². The van der Waals surface area contributed by atoms with Gasteiger partial charge in [0.05, 0.1) is 28.9 Å². The second-order valence-corrected chi connectivity index (χ2v) is 11.1. The van der Waals surface area contributed by atoms with Gasteiger partial charge in [0, 0.05) is 23.7 Å². The highest BCUT2D eigenvalue weighted by Crippen LogP contribution is 2.37. The zero-order valence-corrected chi connectivity index (χ0v) is 22.6. The third kappa shape index (κ3) is 6.79. The van der Waals surface area contributed by atoms with Gasteiger partial charge in [-0.05, 0) is 73.0 Å². The summed E-state index contributed by atoms with van der Waals surface area (Å²) in [4.78, 5) is 16.6. The molecule has 0 fully saturated rings. The maximum Gasteiger partial charge on any atom is 0.264 e. The van der Waals surface area contributed by atoms with Crippen LogP contribution in [0.15, 0.2) is 96.0 Å². The second-order valence-electron chi connectivity index (χ2n) is 8.82. The van der Waals surface area contributed by atoms with E-state index in [9.17, 15) is 17.6 Å². The van der Waals surface area contributed by atoms with Gasteiger partial charge >= 0.3 is 0 Å². The molecule has 0 unspecified atom stereocenters. The summed E-state index contributed by atoms with van der Waals surface area (Å²) in [5.41, 5.74) is 1.54. The van der Waals surface area contributed by atoms with E-state index in [1.165, 1.54) is 24.3 Å². The smallest absolute Gasteiger partial charge is 0.264 e. The predicted octanol–water partition coefficient (Wildman–Crippen LogP) is 6.22. The van der Waals surface area contributed by atoms with Gasteiger partial charge < -0.3 is 5.32 Å². The number of anilines is 1. The first-order valence-corrected chi connectivity index (χ1v) is 14.0. The molecule has 0 saturated heterocycles. The molecule has 1 heterocycles. The maximum absolute atomic E-state index is 15.0. The molecule has 3 aromatic carbocycles. The van der Waals surface area contributed by atoms with E-state index >= 15 is 4.39 Å². The van der Waals surface area contributed by atoms with Crippen molar-refractivity contribution >= 4 is 33.2 Å². The Morgan fingerprint density at radius 2 is 1.72 bits per heavy atom. The van der Waals surface area contributed by atoms with Crippen LogP contribution in [0.3, 0.4) is 0 Å². The number of nitrogens with one attached hydrogen (secondary N) is 1. The Labute approximate surface area is 231 Å². The number of hydrogen-bond donors (Lipinski definition) is 1. The van der Waals surface area contributed by atoms with E-state index in [4.69, 9.17) is 11.6 Å². The molecular formula is C29H26ClF2N3O3S. The summed E-state index contributed by atoms with van der Waals surface area (Å²) in [6.45, 7) is 1.88. The molecule has 10 heteroatoms. The molecule has 0 saturated carbocycles. The average molecular weight is 570 g/mol. The number of benzene rings is 3. The van der Waals surface area contributed by atoms with Gasteiger partial charge in [-0.2, -0.15) is 0 Å². The van der Waals surface area contributed by atoms with Crippen LogP contribution in [-0.4, -0.2) is 19.3 Å². The molecule has 6 nitrogen and oxygen atoms in total. The number of hydrogen-bond acceptors (Lipinski definition) is 4. The van der Waals surface area contributed by atoms with Crippen molar-refractivity contribution in [3.8, 4) is 0 Å². The van der Waals surface area contributed by atoms with Gasteiger partial charge in [-0.15, -0.1) is 0 Å². The maximum atomic E-state index is 15.0. The molecule has 202 valence electrons. The molecule has 0 spiro atoms. The second kappa shape index (κ2) is 12.4. The van der Waals surface area contributed by atoms with Crippen molar-refractivity contribution in [1.82, 2.24) is 10.3 Å². The van der Waals surface area contributed by atoms with Gasteiger partial charge in [0.1, 0.15) is 11.6 Å². The Hall–Kier alpha value is -3.82. The Morgan fingerprint density at radius 1 is 1.00 bits per heavy atom. The Kier molecular flexibility index (Phi) is 8.93. The van der Waals surface area contributed by atoms with Crippen molar-refractivity contribution in [3.05, 3.63) is 125 Å². The Bertz CT molecular complexity index is 1550. The molecule has 4 aromatic rings. The number of pyridine rings is 1. The van der Waals surface area contributed by atoms with Crippen LogP contribution in [-0.2, 0) is 27.8 Å². The van der Waals surface area contributed by atoms with Crippen molar-refractivity contribution in [2.75, 3.05) is 4.31 Å². The van der Waals surface area contributed by atoms with Crippen molar-refractivity contribution in [3.63, 3.8) is 0 Å². The summed E-state index contributed by atoms with van der Waals surface area (Å²) in [7, 11) is -4.36. The largest absolute Gasteiger partial charge is 0.350 e. The number of halogens is 3. The van der Waals surface area contributed by atoms with Gasteiger partial charge in [-0.3, -0.25) is 14.1 Å². The third-order valence-electron chi connectivity index (χ3n) is 6.19.